The maximum atomic E-state index is 3.82. The molecule has 2 heterocycles. The number of alkyl halides is 1. The molecule has 0 saturated carbocycles. The highest BCUT2D eigenvalue weighted by atomic mass is 79.9. The average molecular weight is 315 g/mol. The molecule has 2 aromatic rings. The van der Waals surface area contributed by atoms with Crippen molar-refractivity contribution in [3.8, 4) is 0 Å². The lowest BCUT2D eigenvalue weighted by Gasteiger charge is -2.06. The van der Waals surface area contributed by atoms with E-state index < -0.39 is 0 Å². The molecule has 0 bridgehead atoms. The topological polar surface area (TPSA) is 0 Å². The molecule has 0 saturated heterocycles. The Morgan fingerprint density at radius 2 is 2.00 bits per heavy atom. The third-order valence-electron chi connectivity index (χ3n) is 2.59. The van der Waals surface area contributed by atoms with E-state index in [1.165, 1.54) is 25.1 Å². The van der Waals surface area contributed by atoms with Gasteiger partial charge in [0.15, 0.2) is 0 Å². The standard InChI is InChI=1S/C13H15BrS2/c1-4-10-5-6-11(16-10)12(14)13-8(2)7-9(3)15-13/h5-7,12H,4H2,1-3H3. The molecule has 2 aromatic heterocycles. The minimum atomic E-state index is 0.372. The van der Waals surface area contributed by atoms with Gasteiger partial charge in [-0.2, -0.15) is 0 Å². The maximum absolute atomic E-state index is 3.82. The van der Waals surface area contributed by atoms with Gasteiger partial charge in [-0.25, -0.2) is 0 Å². The molecule has 0 aliphatic heterocycles. The summed E-state index contributed by atoms with van der Waals surface area (Å²) in [7, 11) is 0. The van der Waals surface area contributed by atoms with Crippen LogP contribution in [0, 0.1) is 13.8 Å². The molecule has 16 heavy (non-hydrogen) atoms. The maximum Gasteiger partial charge on any atom is 0.0833 e. The predicted molar refractivity (Wildman–Crippen MR) is 78.3 cm³/mol. The molecular weight excluding hydrogens is 300 g/mol. The molecule has 0 radical (unpaired) electrons. The van der Waals surface area contributed by atoms with Gasteiger partial charge in [0.1, 0.15) is 0 Å². The first-order chi connectivity index (χ1) is 7.61. The predicted octanol–water partition coefficient (Wildman–Crippen LogP) is 5.47. The zero-order chi connectivity index (χ0) is 11.7. The lowest BCUT2D eigenvalue weighted by molar-refractivity contribution is 1.19. The summed E-state index contributed by atoms with van der Waals surface area (Å²) in [5.41, 5.74) is 1.40. The lowest BCUT2D eigenvalue weighted by atomic mass is 10.2. The van der Waals surface area contributed by atoms with Crippen molar-refractivity contribution in [2.45, 2.75) is 32.0 Å². The molecule has 2 rings (SSSR count). The summed E-state index contributed by atoms with van der Waals surface area (Å²) < 4.78 is 0. The SMILES string of the molecule is CCc1ccc(C(Br)c2sc(C)cc2C)s1. The highest BCUT2D eigenvalue weighted by molar-refractivity contribution is 9.09. The monoisotopic (exact) mass is 314 g/mol. The summed E-state index contributed by atoms with van der Waals surface area (Å²) >= 11 is 7.63. The molecule has 0 amide bonds. The van der Waals surface area contributed by atoms with E-state index in [9.17, 15) is 0 Å². The number of aryl methyl sites for hydroxylation is 3. The minimum absolute atomic E-state index is 0.372. The van der Waals surface area contributed by atoms with Gasteiger partial charge in [-0.05, 0) is 44.0 Å². The average Bonchev–Trinajstić information content (AvgIpc) is 2.84. The zero-order valence-electron chi connectivity index (χ0n) is 9.71. The van der Waals surface area contributed by atoms with Crippen LogP contribution in [0.1, 0.15) is 36.8 Å². The van der Waals surface area contributed by atoms with Crippen molar-refractivity contribution in [3.05, 3.63) is 43.3 Å². The van der Waals surface area contributed by atoms with Gasteiger partial charge in [0.05, 0.1) is 4.83 Å². The van der Waals surface area contributed by atoms with Crippen molar-refractivity contribution in [1.82, 2.24) is 0 Å². The number of rotatable bonds is 3. The van der Waals surface area contributed by atoms with E-state index in [1.807, 2.05) is 22.7 Å². The molecular formula is C13H15BrS2. The second kappa shape index (κ2) is 5.03. The van der Waals surface area contributed by atoms with Crippen molar-refractivity contribution in [2.24, 2.45) is 0 Å². The van der Waals surface area contributed by atoms with Gasteiger partial charge >= 0.3 is 0 Å². The fourth-order valence-corrected chi connectivity index (χ4v) is 4.88. The van der Waals surface area contributed by atoms with Crippen molar-refractivity contribution < 1.29 is 0 Å². The first-order valence-corrected chi connectivity index (χ1v) is 7.96. The molecule has 0 aliphatic rings. The second-order valence-electron chi connectivity index (χ2n) is 3.92. The summed E-state index contributed by atoms with van der Waals surface area (Å²) in [4.78, 5) is 6.09. The molecule has 0 N–H and O–H groups in total. The van der Waals surface area contributed by atoms with Gasteiger partial charge in [0.2, 0.25) is 0 Å². The first kappa shape index (κ1) is 12.3. The van der Waals surface area contributed by atoms with Crippen LogP contribution in [0.5, 0.6) is 0 Å². The summed E-state index contributed by atoms with van der Waals surface area (Å²) in [6.45, 7) is 6.58. The van der Waals surface area contributed by atoms with Crippen LogP contribution in [0.2, 0.25) is 0 Å². The van der Waals surface area contributed by atoms with Crippen molar-refractivity contribution in [1.29, 1.82) is 0 Å². The summed E-state index contributed by atoms with van der Waals surface area (Å²) in [6.07, 6.45) is 1.13. The molecule has 86 valence electrons. The van der Waals surface area contributed by atoms with Crippen LogP contribution in [-0.4, -0.2) is 0 Å². The molecule has 0 nitrogen and oxygen atoms in total. The number of thiophene rings is 2. The number of halogens is 1. The zero-order valence-corrected chi connectivity index (χ0v) is 12.9. The van der Waals surface area contributed by atoms with E-state index in [2.05, 4.69) is 54.9 Å². The van der Waals surface area contributed by atoms with Crippen molar-refractivity contribution >= 4 is 38.6 Å². The van der Waals surface area contributed by atoms with Crippen LogP contribution in [-0.2, 0) is 6.42 Å². The van der Waals surface area contributed by atoms with Crippen molar-refractivity contribution in [2.75, 3.05) is 0 Å². The minimum Gasteiger partial charge on any atom is -0.144 e. The van der Waals surface area contributed by atoms with E-state index in [1.54, 1.807) is 0 Å². The van der Waals surface area contributed by atoms with Gasteiger partial charge in [-0.1, -0.05) is 22.9 Å². The number of hydrogen-bond donors (Lipinski definition) is 0. The van der Waals surface area contributed by atoms with E-state index in [0.29, 0.717) is 4.83 Å². The van der Waals surface area contributed by atoms with Gasteiger partial charge in [0.25, 0.3) is 0 Å². The normalized spacial score (nSPS) is 13.0. The lowest BCUT2D eigenvalue weighted by Crippen LogP contribution is -1.87. The van der Waals surface area contributed by atoms with Gasteiger partial charge in [0, 0.05) is 19.5 Å². The fraction of sp³-hybridized carbons (Fsp3) is 0.385. The Bertz CT molecular complexity index is 482. The third-order valence-corrected chi connectivity index (χ3v) is 6.66. The Balaban J connectivity index is 2.31. The van der Waals surface area contributed by atoms with Crippen molar-refractivity contribution in [3.63, 3.8) is 0 Å². The molecule has 0 spiro atoms. The smallest absolute Gasteiger partial charge is 0.0833 e. The molecule has 1 atom stereocenters. The Morgan fingerprint density at radius 1 is 1.25 bits per heavy atom. The Labute approximate surface area is 113 Å². The largest absolute Gasteiger partial charge is 0.144 e. The van der Waals surface area contributed by atoms with Crippen LogP contribution in [0.25, 0.3) is 0 Å². The van der Waals surface area contributed by atoms with Crippen LogP contribution < -0.4 is 0 Å². The van der Waals surface area contributed by atoms with Gasteiger partial charge < -0.3 is 0 Å². The first-order valence-electron chi connectivity index (χ1n) is 5.41. The van der Waals surface area contributed by atoms with Crippen LogP contribution in [0.15, 0.2) is 18.2 Å². The van der Waals surface area contributed by atoms with Gasteiger partial charge in [-0.15, -0.1) is 22.7 Å². The molecule has 1 unspecified atom stereocenters. The molecule has 0 fully saturated rings. The molecule has 0 aliphatic carbocycles. The molecule has 0 aromatic carbocycles. The van der Waals surface area contributed by atoms with Crippen LogP contribution in [0.4, 0.5) is 0 Å². The summed E-state index contributed by atoms with van der Waals surface area (Å²) in [5, 5.41) is 0. The number of hydrogen-bond acceptors (Lipinski definition) is 2. The van der Waals surface area contributed by atoms with E-state index in [-0.39, 0.29) is 0 Å². The Morgan fingerprint density at radius 3 is 2.50 bits per heavy atom. The van der Waals surface area contributed by atoms with Crippen LogP contribution in [0.3, 0.4) is 0 Å². The Hall–Kier alpha value is -0.120. The summed E-state index contributed by atoms with van der Waals surface area (Å²) in [6, 6.07) is 6.75. The summed E-state index contributed by atoms with van der Waals surface area (Å²) in [5.74, 6) is 0. The van der Waals surface area contributed by atoms with Crippen LogP contribution >= 0.6 is 38.6 Å². The van der Waals surface area contributed by atoms with E-state index >= 15 is 0 Å². The highest BCUT2D eigenvalue weighted by Crippen LogP contribution is 2.40. The molecule has 3 heteroatoms. The highest BCUT2D eigenvalue weighted by Gasteiger charge is 2.16. The Kier molecular flexibility index (Phi) is 3.88. The fourth-order valence-electron chi connectivity index (χ4n) is 1.76. The van der Waals surface area contributed by atoms with E-state index in [0.717, 1.165) is 6.42 Å². The third kappa shape index (κ3) is 2.41. The van der Waals surface area contributed by atoms with E-state index in [4.69, 9.17) is 0 Å². The second-order valence-corrected chi connectivity index (χ2v) is 7.33. The van der Waals surface area contributed by atoms with Gasteiger partial charge in [-0.3, -0.25) is 0 Å². The quantitative estimate of drug-likeness (QED) is 0.659.